The van der Waals surface area contributed by atoms with Gasteiger partial charge in [-0.2, -0.15) is 0 Å². The Kier molecular flexibility index (Phi) is 8.26. The molecule has 1 unspecified atom stereocenters. The molecule has 0 aliphatic carbocycles. The number of benzene rings is 3. The molecule has 0 radical (unpaired) electrons. The van der Waals surface area contributed by atoms with Crippen LogP contribution in [-0.2, 0) is 15.2 Å². The Morgan fingerprint density at radius 1 is 0.914 bits per heavy atom. The van der Waals surface area contributed by atoms with Crippen molar-refractivity contribution in [2.24, 2.45) is 5.92 Å². The van der Waals surface area contributed by atoms with Gasteiger partial charge in [0.2, 0.25) is 11.8 Å². The van der Waals surface area contributed by atoms with Crippen molar-refractivity contribution in [1.29, 1.82) is 0 Å². The molecular formula is C29H32N2O3S. The fourth-order valence-corrected chi connectivity index (χ4v) is 5.81. The minimum Gasteiger partial charge on any atom is -0.380 e. The molecule has 0 spiro atoms. The second-order valence-corrected chi connectivity index (χ2v) is 10.1. The third-order valence-corrected chi connectivity index (χ3v) is 7.77. The van der Waals surface area contributed by atoms with Crippen molar-refractivity contribution in [2.75, 3.05) is 18.8 Å². The van der Waals surface area contributed by atoms with E-state index in [-0.39, 0.29) is 17.7 Å². The largest absolute Gasteiger partial charge is 0.380 e. The summed E-state index contributed by atoms with van der Waals surface area (Å²) in [6.45, 7) is 2.52. The molecule has 4 rings (SSSR count). The molecule has 1 heterocycles. The van der Waals surface area contributed by atoms with E-state index in [1.165, 1.54) is 6.92 Å². The van der Waals surface area contributed by atoms with Crippen LogP contribution in [-0.4, -0.2) is 46.7 Å². The van der Waals surface area contributed by atoms with Gasteiger partial charge in [0.1, 0.15) is 11.6 Å². The number of hydrogen-bond acceptors (Lipinski definition) is 4. The van der Waals surface area contributed by atoms with Crippen molar-refractivity contribution in [1.82, 2.24) is 10.2 Å². The average molecular weight is 489 g/mol. The fourth-order valence-electron chi connectivity index (χ4n) is 4.88. The molecule has 1 atom stereocenters. The van der Waals surface area contributed by atoms with Gasteiger partial charge in [-0.25, -0.2) is 0 Å². The van der Waals surface area contributed by atoms with Gasteiger partial charge in [-0.15, -0.1) is 11.8 Å². The van der Waals surface area contributed by atoms with Crippen molar-refractivity contribution in [3.05, 3.63) is 102 Å². The molecule has 3 aromatic rings. The van der Waals surface area contributed by atoms with Crippen molar-refractivity contribution in [2.45, 2.75) is 36.3 Å². The minimum absolute atomic E-state index is 0.0331. The lowest BCUT2D eigenvalue weighted by molar-refractivity contribution is -0.137. The quantitative estimate of drug-likeness (QED) is 0.460. The first-order chi connectivity index (χ1) is 17.0. The maximum atomic E-state index is 13.4. The summed E-state index contributed by atoms with van der Waals surface area (Å²) in [6, 6.07) is 28.9. The van der Waals surface area contributed by atoms with Crippen LogP contribution in [0.5, 0.6) is 0 Å². The van der Waals surface area contributed by atoms with Gasteiger partial charge in [0.15, 0.2) is 0 Å². The summed E-state index contributed by atoms with van der Waals surface area (Å²) in [4.78, 5) is 28.1. The Balaban J connectivity index is 1.47. The molecule has 0 saturated carbocycles. The van der Waals surface area contributed by atoms with E-state index in [9.17, 15) is 14.7 Å². The SMILES string of the molecule is CC(=O)NC(CSc1ccccc1)C(=O)N1CCC(C(O)(c2ccccc2)c2ccccc2)CC1. The average Bonchev–Trinajstić information content (AvgIpc) is 2.91. The Bertz CT molecular complexity index is 1060. The number of likely N-dealkylation sites (tertiary alicyclic amines) is 1. The summed E-state index contributed by atoms with van der Waals surface area (Å²) >= 11 is 1.56. The van der Waals surface area contributed by atoms with Gasteiger partial charge in [-0.1, -0.05) is 78.9 Å². The molecule has 2 N–H and O–H groups in total. The van der Waals surface area contributed by atoms with Gasteiger partial charge in [-0.05, 0) is 42.0 Å². The van der Waals surface area contributed by atoms with Crippen LogP contribution in [0.1, 0.15) is 30.9 Å². The predicted octanol–water partition coefficient (Wildman–Crippen LogP) is 4.46. The summed E-state index contributed by atoms with van der Waals surface area (Å²) in [6.07, 6.45) is 1.34. The molecule has 5 nitrogen and oxygen atoms in total. The molecule has 0 aromatic heterocycles. The first kappa shape index (κ1) is 25.0. The smallest absolute Gasteiger partial charge is 0.246 e. The van der Waals surface area contributed by atoms with Crippen molar-refractivity contribution in [3.8, 4) is 0 Å². The van der Waals surface area contributed by atoms with E-state index in [2.05, 4.69) is 5.32 Å². The first-order valence-corrected chi connectivity index (χ1v) is 13.0. The number of hydrogen-bond donors (Lipinski definition) is 2. The van der Waals surface area contributed by atoms with Gasteiger partial charge >= 0.3 is 0 Å². The van der Waals surface area contributed by atoms with E-state index in [0.29, 0.717) is 31.7 Å². The molecule has 1 fully saturated rings. The number of carbonyl (C=O) groups is 2. The van der Waals surface area contributed by atoms with E-state index in [1.54, 1.807) is 11.8 Å². The number of piperidine rings is 1. The molecule has 2 amide bonds. The second-order valence-electron chi connectivity index (χ2n) is 8.98. The third-order valence-electron chi connectivity index (χ3n) is 6.66. The Hall–Kier alpha value is -3.09. The van der Waals surface area contributed by atoms with Gasteiger partial charge in [-0.3, -0.25) is 9.59 Å². The molecular weight excluding hydrogens is 456 g/mol. The summed E-state index contributed by atoms with van der Waals surface area (Å²) in [5.41, 5.74) is 0.607. The molecule has 1 aliphatic heterocycles. The number of amides is 2. The Morgan fingerprint density at radius 2 is 1.40 bits per heavy atom. The first-order valence-electron chi connectivity index (χ1n) is 12.1. The molecule has 35 heavy (non-hydrogen) atoms. The molecule has 6 heteroatoms. The van der Waals surface area contributed by atoms with Crippen molar-refractivity contribution >= 4 is 23.6 Å². The zero-order valence-electron chi connectivity index (χ0n) is 20.0. The van der Waals surface area contributed by atoms with Crippen LogP contribution >= 0.6 is 11.8 Å². The van der Waals surface area contributed by atoms with E-state index in [1.807, 2.05) is 95.9 Å². The standard InChI is InChI=1S/C29H32N2O3S/c1-22(32)30-27(21-35-26-15-9-4-10-16-26)28(33)31-19-17-25(18-20-31)29(34,23-11-5-2-6-12-23)24-13-7-3-8-14-24/h2-16,25,27,34H,17-21H2,1H3,(H,30,32). The summed E-state index contributed by atoms with van der Waals surface area (Å²) in [5.74, 6) is 0.161. The molecule has 0 bridgehead atoms. The van der Waals surface area contributed by atoms with Crippen LogP contribution in [0.2, 0.25) is 0 Å². The highest BCUT2D eigenvalue weighted by molar-refractivity contribution is 7.99. The summed E-state index contributed by atoms with van der Waals surface area (Å²) in [7, 11) is 0. The number of nitrogens with zero attached hydrogens (tertiary/aromatic N) is 1. The number of rotatable bonds is 8. The highest BCUT2D eigenvalue weighted by Crippen LogP contribution is 2.42. The summed E-state index contributed by atoms with van der Waals surface area (Å²) < 4.78 is 0. The highest BCUT2D eigenvalue weighted by atomic mass is 32.2. The lowest BCUT2D eigenvalue weighted by atomic mass is 9.72. The monoisotopic (exact) mass is 488 g/mol. The van der Waals surface area contributed by atoms with Crippen LogP contribution in [0.3, 0.4) is 0 Å². The summed E-state index contributed by atoms with van der Waals surface area (Å²) in [5, 5.41) is 14.9. The fraction of sp³-hybridized carbons (Fsp3) is 0.310. The topological polar surface area (TPSA) is 69.6 Å². The number of carbonyl (C=O) groups excluding carboxylic acids is 2. The number of thioether (sulfide) groups is 1. The van der Waals surface area contributed by atoms with Gasteiger partial charge in [0, 0.05) is 30.7 Å². The lowest BCUT2D eigenvalue weighted by Gasteiger charge is -2.43. The molecule has 182 valence electrons. The van der Waals surface area contributed by atoms with Gasteiger partial charge < -0.3 is 15.3 Å². The van der Waals surface area contributed by atoms with Crippen LogP contribution < -0.4 is 5.32 Å². The van der Waals surface area contributed by atoms with Crippen LogP contribution in [0, 0.1) is 5.92 Å². The number of aliphatic hydroxyl groups is 1. The molecule has 1 aliphatic rings. The predicted molar refractivity (Wildman–Crippen MR) is 140 cm³/mol. The van der Waals surface area contributed by atoms with E-state index >= 15 is 0 Å². The maximum absolute atomic E-state index is 13.4. The highest BCUT2D eigenvalue weighted by Gasteiger charge is 2.42. The molecule has 1 saturated heterocycles. The van der Waals surface area contributed by atoms with E-state index < -0.39 is 11.6 Å². The van der Waals surface area contributed by atoms with Crippen LogP contribution in [0.15, 0.2) is 95.9 Å². The third kappa shape index (κ3) is 5.95. The second kappa shape index (κ2) is 11.6. The lowest BCUT2D eigenvalue weighted by Crippen LogP contribution is -2.53. The van der Waals surface area contributed by atoms with Crippen LogP contribution in [0.4, 0.5) is 0 Å². The minimum atomic E-state index is -1.13. The Morgan fingerprint density at radius 3 is 1.89 bits per heavy atom. The van der Waals surface area contributed by atoms with Crippen LogP contribution in [0.25, 0.3) is 0 Å². The van der Waals surface area contributed by atoms with Gasteiger partial charge in [0.25, 0.3) is 0 Å². The van der Waals surface area contributed by atoms with E-state index in [4.69, 9.17) is 0 Å². The normalized spacial score (nSPS) is 15.4. The zero-order valence-corrected chi connectivity index (χ0v) is 20.8. The van der Waals surface area contributed by atoms with Gasteiger partial charge in [0.05, 0.1) is 0 Å². The van der Waals surface area contributed by atoms with E-state index in [0.717, 1.165) is 16.0 Å². The zero-order chi connectivity index (χ0) is 24.7. The number of nitrogens with one attached hydrogen (secondary N) is 1. The van der Waals surface area contributed by atoms with Crippen molar-refractivity contribution in [3.63, 3.8) is 0 Å². The Labute approximate surface area is 211 Å². The molecule has 3 aromatic carbocycles. The maximum Gasteiger partial charge on any atom is 0.246 e. The van der Waals surface area contributed by atoms with Crippen molar-refractivity contribution < 1.29 is 14.7 Å².